The van der Waals surface area contributed by atoms with Crippen LogP contribution in [0.15, 0.2) is 12.4 Å². The summed E-state index contributed by atoms with van der Waals surface area (Å²) in [5.74, 6) is 2.89. The minimum absolute atomic E-state index is 0.498. The number of nitrogens with zero attached hydrogens (tertiary/aromatic N) is 1. The molecule has 0 unspecified atom stereocenters. The van der Waals surface area contributed by atoms with Crippen LogP contribution in [0.4, 0.5) is 0 Å². The van der Waals surface area contributed by atoms with E-state index in [2.05, 4.69) is 36.1 Å². The molecule has 0 spiro atoms. The maximum absolute atomic E-state index is 4.24. The fourth-order valence-corrected chi connectivity index (χ4v) is 3.18. The molecule has 0 aliphatic heterocycles. The molecule has 0 radical (unpaired) electrons. The van der Waals surface area contributed by atoms with Crippen molar-refractivity contribution in [2.45, 2.75) is 52.9 Å². The molecule has 1 saturated carbocycles. The summed E-state index contributed by atoms with van der Waals surface area (Å²) >= 11 is 0. The fraction of sp³-hybridized carbons (Fsp3) is 0.812. The molecule has 3 nitrogen and oxygen atoms in total. The predicted molar refractivity (Wildman–Crippen MR) is 80.1 cm³/mol. The first-order valence-corrected chi connectivity index (χ1v) is 7.74. The molecule has 19 heavy (non-hydrogen) atoms. The second-order valence-electron chi connectivity index (χ2n) is 7.07. The Hall–Kier alpha value is -0.830. The molecule has 1 aliphatic rings. The lowest BCUT2D eigenvalue weighted by Gasteiger charge is -2.37. The molecule has 3 heteroatoms. The number of imidazole rings is 1. The van der Waals surface area contributed by atoms with Gasteiger partial charge in [-0.2, -0.15) is 0 Å². The third kappa shape index (κ3) is 4.64. The first-order valence-electron chi connectivity index (χ1n) is 7.74. The highest BCUT2D eigenvalue weighted by molar-refractivity contribution is 4.87. The van der Waals surface area contributed by atoms with E-state index in [1.807, 2.05) is 12.4 Å². The minimum Gasteiger partial charge on any atom is -0.349 e. The van der Waals surface area contributed by atoms with Crippen molar-refractivity contribution < 1.29 is 0 Å². The van der Waals surface area contributed by atoms with E-state index in [1.165, 1.54) is 32.2 Å². The van der Waals surface area contributed by atoms with Crippen LogP contribution in [0.2, 0.25) is 0 Å². The highest BCUT2D eigenvalue weighted by Gasteiger charge is 2.29. The largest absolute Gasteiger partial charge is 0.349 e. The molecule has 1 fully saturated rings. The number of hydrogen-bond acceptors (Lipinski definition) is 2. The molecular formula is C16H29N3. The van der Waals surface area contributed by atoms with Crippen LogP contribution in [0.3, 0.4) is 0 Å². The summed E-state index contributed by atoms with van der Waals surface area (Å²) in [5.41, 5.74) is 0.498. The van der Waals surface area contributed by atoms with Crippen molar-refractivity contribution in [3.05, 3.63) is 18.2 Å². The second kappa shape index (κ2) is 6.56. The lowest BCUT2D eigenvalue weighted by atomic mass is 9.70. The normalized spacial score (nSPS) is 24.6. The zero-order chi connectivity index (χ0) is 13.7. The zero-order valence-corrected chi connectivity index (χ0v) is 12.7. The molecule has 1 aromatic rings. The van der Waals surface area contributed by atoms with Gasteiger partial charge in [-0.1, -0.05) is 20.8 Å². The van der Waals surface area contributed by atoms with Gasteiger partial charge in [0.05, 0.1) is 0 Å². The monoisotopic (exact) mass is 263 g/mol. The summed E-state index contributed by atoms with van der Waals surface area (Å²) in [4.78, 5) is 7.39. The summed E-state index contributed by atoms with van der Waals surface area (Å²) in [7, 11) is 0. The van der Waals surface area contributed by atoms with Gasteiger partial charge in [-0.15, -0.1) is 0 Å². The van der Waals surface area contributed by atoms with E-state index >= 15 is 0 Å². The van der Waals surface area contributed by atoms with E-state index in [-0.39, 0.29) is 0 Å². The molecule has 0 atom stereocenters. The molecule has 0 saturated heterocycles. The highest BCUT2D eigenvalue weighted by atomic mass is 14.9. The van der Waals surface area contributed by atoms with Crippen molar-refractivity contribution >= 4 is 0 Å². The molecule has 1 heterocycles. The molecule has 0 amide bonds. The van der Waals surface area contributed by atoms with E-state index in [9.17, 15) is 0 Å². The topological polar surface area (TPSA) is 40.7 Å². The summed E-state index contributed by atoms with van der Waals surface area (Å²) in [6, 6.07) is 0. The molecule has 0 aromatic carbocycles. The molecule has 2 N–H and O–H groups in total. The van der Waals surface area contributed by atoms with Crippen molar-refractivity contribution in [1.29, 1.82) is 0 Å². The third-order valence-corrected chi connectivity index (χ3v) is 4.60. The summed E-state index contributed by atoms with van der Waals surface area (Å²) < 4.78 is 0. The third-order valence-electron chi connectivity index (χ3n) is 4.60. The van der Waals surface area contributed by atoms with Crippen LogP contribution >= 0.6 is 0 Å². The Balaban J connectivity index is 1.58. The molecule has 1 aliphatic carbocycles. The van der Waals surface area contributed by atoms with Crippen molar-refractivity contribution in [2.75, 3.05) is 13.1 Å². The summed E-state index contributed by atoms with van der Waals surface area (Å²) in [6.07, 6.45) is 10.3. The smallest absolute Gasteiger partial charge is 0.107 e. The first-order chi connectivity index (χ1) is 9.05. The Morgan fingerprint density at radius 1 is 1.26 bits per heavy atom. The van der Waals surface area contributed by atoms with Crippen LogP contribution in [0.5, 0.6) is 0 Å². The van der Waals surface area contributed by atoms with Gasteiger partial charge in [-0.05, 0) is 49.5 Å². The number of aromatic nitrogens is 2. The molecule has 0 bridgehead atoms. The summed E-state index contributed by atoms with van der Waals surface area (Å²) in [6.45, 7) is 9.38. The average molecular weight is 263 g/mol. The number of H-pyrrole nitrogens is 1. The summed E-state index contributed by atoms with van der Waals surface area (Å²) in [5, 5.41) is 3.59. The van der Waals surface area contributed by atoms with Gasteiger partial charge in [0.2, 0.25) is 0 Å². The van der Waals surface area contributed by atoms with Crippen LogP contribution in [-0.2, 0) is 6.42 Å². The standard InChI is InChI=1S/C16H29N3/c1-16(2,3)14-6-4-13(5-7-14)12-17-9-8-15-18-10-11-19-15/h10-11,13-14,17H,4-9,12H2,1-3H3,(H,18,19). The lowest BCUT2D eigenvalue weighted by Crippen LogP contribution is -2.31. The lowest BCUT2D eigenvalue weighted by molar-refractivity contribution is 0.149. The Morgan fingerprint density at radius 3 is 2.58 bits per heavy atom. The van der Waals surface area contributed by atoms with E-state index in [0.29, 0.717) is 5.41 Å². The number of nitrogens with one attached hydrogen (secondary N) is 2. The number of rotatable bonds is 5. The van der Waals surface area contributed by atoms with Crippen molar-refractivity contribution in [3.63, 3.8) is 0 Å². The average Bonchev–Trinajstić information content (AvgIpc) is 2.87. The van der Waals surface area contributed by atoms with Crippen molar-refractivity contribution in [3.8, 4) is 0 Å². The Kier molecular flexibility index (Phi) is 5.03. The Labute approximate surface area is 117 Å². The van der Waals surface area contributed by atoms with E-state index in [4.69, 9.17) is 0 Å². The van der Waals surface area contributed by atoms with E-state index < -0.39 is 0 Å². The van der Waals surface area contributed by atoms with Gasteiger partial charge in [-0.3, -0.25) is 0 Å². The van der Waals surface area contributed by atoms with Gasteiger partial charge in [-0.25, -0.2) is 4.98 Å². The van der Waals surface area contributed by atoms with Gasteiger partial charge >= 0.3 is 0 Å². The van der Waals surface area contributed by atoms with Gasteiger partial charge in [0.15, 0.2) is 0 Å². The maximum atomic E-state index is 4.24. The number of aromatic amines is 1. The fourth-order valence-electron chi connectivity index (χ4n) is 3.18. The van der Waals surface area contributed by atoms with Crippen molar-refractivity contribution in [1.82, 2.24) is 15.3 Å². The highest BCUT2D eigenvalue weighted by Crippen LogP contribution is 2.39. The maximum Gasteiger partial charge on any atom is 0.107 e. The minimum atomic E-state index is 0.498. The number of hydrogen-bond donors (Lipinski definition) is 2. The van der Waals surface area contributed by atoms with Crippen LogP contribution < -0.4 is 5.32 Å². The second-order valence-corrected chi connectivity index (χ2v) is 7.07. The molecular weight excluding hydrogens is 234 g/mol. The quantitative estimate of drug-likeness (QED) is 0.799. The Bertz CT molecular complexity index is 343. The Morgan fingerprint density at radius 2 is 2.00 bits per heavy atom. The zero-order valence-electron chi connectivity index (χ0n) is 12.7. The van der Waals surface area contributed by atoms with Gasteiger partial charge in [0.25, 0.3) is 0 Å². The van der Waals surface area contributed by atoms with Crippen LogP contribution in [-0.4, -0.2) is 23.1 Å². The molecule has 2 rings (SSSR count). The molecule has 108 valence electrons. The van der Waals surface area contributed by atoms with Crippen molar-refractivity contribution in [2.24, 2.45) is 17.3 Å². The van der Waals surface area contributed by atoms with Gasteiger partial charge in [0, 0.05) is 25.4 Å². The van der Waals surface area contributed by atoms with Crippen LogP contribution in [0.1, 0.15) is 52.3 Å². The van der Waals surface area contributed by atoms with E-state index in [0.717, 1.165) is 30.6 Å². The predicted octanol–water partition coefficient (Wildman–Crippen LogP) is 3.39. The van der Waals surface area contributed by atoms with E-state index in [1.54, 1.807) is 0 Å². The SMILES string of the molecule is CC(C)(C)C1CCC(CNCCc2ncc[nH]2)CC1. The first kappa shape index (κ1) is 14.6. The van der Waals surface area contributed by atoms with Gasteiger partial charge < -0.3 is 10.3 Å². The van der Waals surface area contributed by atoms with Gasteiger partial charge in [0.1, 0.15) is 5.82 Å². The molecule has 1 aromatic heterocycles. The van der Waals surface area contributed by atoms with Crippen LogP contribution in [0.25, 0.3) is 0 Å². The van der Waals surface area contributed by atoms with Crippen LogP contribution in [0, 0.1) is 17.3 Å².